The molecule has 0 atom stereocenters. The van der Waals surface area contributed by atoms with Crippen LogP contribution in [-0.2, 0) is 5.41 Å². The summed E-state index contributed by atoms with van der Waals surface area (Å²) in [5.74, 6) is 0.900. The highest BCUT2D eigenvalue weighted by atomic mass is 16.4. The highest BCUT2D eigenvalue weighted by molar-refractivity contribution is 6.73. The first-order valence-corrected chi connectivity index (χ1v) is 14.2. The molecule has 4 aromatic carbocycles. The number of allylic oxidation sites excluding steroid dienone is 4. The Balaban J connectivity index is 1.52. The number of benzene rings is 4. The molecule has 0 amide bonds. The molecule has 3 nitrogen and oxygen atoms in total. The van der Waals surface area contributed by atoms with Crippen molar-refractivity contribution < 1.29 is 4.65 Å². The lowest BCUT2D eigenvalue weighted by atomic mass is 9.66. The Morgan fingerprint density at radius 1 is 0.725 bits per heavy atom. The number of hydrogen-bond acceptors (Lipinski definition) is 3. The van der Waals surface area contributed by atoms with E-state index >= 15 is 0 Å². The van der Waals surface area contributed by atoms with Crippen LogP contribution in [0.3, 0.4) is 0 Å². The smallest absolute Gasteiger partial charge is 0.369 e. The van der Waals surface area contributed by atoms with Gasteiger partial charge in [0.2, 0.25) is 0 Å². The summed E-state index contributed by atoms with van der Waals surface area (Å²) in [5.41, 5.74) is 16.8. The van der Waals surface area contributed by atoms with Crippen LogP contribution < -0.4 is 15.3 Å². The minimum Gasteiger partial charge on any atom is -0.560 e. The van der Waals surface area contributed by atoms with Gasteiger partial charge < -0.3 is 15.3 Å². The monoisotopic (exact) mass is 522 g/mol. The molecular formula is C36H35BN2O. The first-order chi connectivity index (χ1) is 19.2. The minimum absolute atomic E-state index is 0.122. The molecule has 0 saturated carbocycles. The van der Waals surface area contributed by atoms with Crippen LogP contribution in [0.1, 0.15) is 56.9 Å². The fraction of sp³-hybridized carbons (Fsp3) is 0.222. The fourth-order valence-corrected chi connectivity index (χ4v) is 7.23. The summed E-state index contributed by atoms with van der Waals surface area (Å²) in [6.07, 6.45) is 4.24. The lowest BCUT2D eigenvalue weighted by Gasteiger charge is -2.45. The molecule has 0 unspecified atom stereocenters. The van der Waals surface area contributed by atoms with E-state index in [1.807, 2.05) is 0 Å². The summed E-state index contributed by atoms with van der Waals surface area (Å²) in [4.78, 5) is 2.37. The van der Waals surface area contributed by atoms with Crippen molar-refractivity contribution in [3.63, 3.8) is 0 Å². The van der Waals surface area contributed by atoms with Gasteiger partial charge >= 0.3 is 6.92 Å². The lowest BCUT2D eigenvalue weighted by molar-refractivity contribution is 0.576. The molecule has 1 aliphatic carbocycles. The van der Waals surface area contributed by atoms with E-state index in [-0.39, 0.29) is 17.5 Å². The van der Waals surface area contributed by atoms with E-state index in [1.165, 1.54) is 16.7 Å². The zero-order valence-electron chi connectivity index (χ0n) is 23.9. The Bertz CT molecular complexity index is 1650. The predicted octanol–water partition coefficient (Wildman–Crippen LogP) is 9.01. The number of rotatable bonds is 4. The number of nitrogens with two attached hydrogens (primary N) is 1. The van der Waals surface area contributed by atoms with E-state index in [2.05, 4.69) is 149 Å². The Labute approximate surface area is 238 Å². The van der Waals surface area contributed by atoms with Gasteiger partial charge in [-0.1, -0.05) is 101 Å². The maximum Gasteiger partial charge on any atom is 0.369 e. The molecule has 4 heteroatoms. The van der Waals surface area contributed by atoms with Gasteiger partial charge in [-0.25, -0.2) is 0 Å². The third-order valence-electron chi connectivity index (χ3n) is 9.97. The number of anilines is 3. The van der Waals surface area contributed by atoms with Gasteiger partial charge in [-0.3, -0.25) is 0 Å². The van der Waals surface area contributed by atoms with E-state index < -0.39 is 5.41 Å². The maximum absolute atomic E-state index is 7.36. The molecule has 1 spiro atoms. The average Bonchev–Trinajstić information content (AvgIpc) is 3.22. The van der Waals surface area contributed by atoms with Crippen LogP contribution in [0.2, 0.25) is 10.6 Å². The zero-order chi connectivity index (χ0) is 27.9. The first-order valence-electron chi connectivity index (χ1n) is 14.2. The van der Waals surface area contributed by atoms with Crippen molar-refractivity contribution in [3.8, 4) is 5.75 Å². The highest BCUT2D eigenvalue weighted by Gasteiger charge is 2.72. The zero-order valence-corrected chi connectivity index (χ0v) is 23.9. The third-order valence-corrected chi connectivity index (χ3v) is 9.97. The van der Waals surface area contributed by atoms with Gasteiger partial charge in [0, 0.05) is 17.0 Å². The van der Waals surface area contributed by atoms with Crippen molar-refractivity contribution in [2.45, 2.75) is 50.7 Å². The second-order valence-electron chi connectivity index (χ2n) is 12.4. The predicted molar refractivity (Wildman–Crippen MR) is 168 cm³/mol. The lowest BCUT2D eigenvalue weighted by Crippen LogP contribution is -2.39. The second kappa shape index (κ2) is 8.41. The van der Waals surface area contributed by atoms with E-state index in [0.717, 1.165) is 39.6 Å². The Hall–Kier alpha value is -4.18. The fourth-order valence-electron chi connectivity index (χ4n) is 7.23. The van der Waals surface area contributed by atoms with Gasteiger partial charge in [0.25, 0.3) is 0 Å². The normalized spacial score (nSPS) is 19.0. The maximum atomic E-state index is 7.36. The molecule has 3 aliphatic rings. The van der Waals surface area contributed by atoms with Crippen molar-refractivity contribution in [2.75, 3.05) is 4.90 Å². The molecule has 40 heavy (non-hydrogen) atoms. The summed E-state index contributed by atoms with van der Waals surface area (Å²) in [7, 11) is 0. The van der Waals surface area contributed by atoms with Crippen LogP contribution in [-0.4, -0.2) is 6.92 Å². The van der Waals surface area contributed by atoms with Crippen molar-refractivity contribution in [2.24, 2.45) is 5.73 Å². The van der Waals surface area contributed by atoms with Gasteiger partial charge in [0.15, 0.2) is 0 Å². The van der Waals surface area contributed by atoms with Crippen LogP contribution in [0.5, 0.6) is 5.75 Å². The Morgan fingerprint density at radius 2 is 1.30 bits per heavy atom. The van der Waals surface area contributed by atoms with Crippen molar-refractivity contribution in [3.05, 3.63) is 137 Å². The van der Waals surface area contributed by atoms with Gasteiger partial charge in [-0.05, 0) is 76.2 Å². The minimum atomic E-state index is -0.642. The van der Waals surface area contributed by atoms with Gasteiger partial charge in [-0.2, -0.15) is 0 Å². The molecule has 0 bridgehead atoms. The topological polar surface area (TPSA) is 38.5 Å². The molecular weight excluding hydrogens is 487 g/mol. The van der Waals surface area contributed by atoms with Crippen molar-refractivity contribution in [1.82, 2.24) is 0 Å². The number of fused-ring (bicyclic) bond motifs is 6. The van der Waals surface area contributed by atoms with Crippen molar-refractivity contribution >= 4 is 29.6 Å². The first kappa shape index (κ1) is 24.8. The average molecular weight is 523 g/mol. The summed E-state index contributed by atoms with van der Waals surface area (Å²) >= 11 is 0. The van der Waals surface area contributed by atoms with Crippen LogP contribution in [0.15, 0.2) is 115 Å². The standard InChI is InChI=1S/C36H35BN2O/c1-6-14-27-26-22-21-25(40-37-34(2,3)35(37,4)5)23-30(26)36(33(27)38)28-17-10-12-19-31(28)39(24-15-8-7-9-16-24)32-20-13-11-18-29(32)36/h6-23H,38H2,1-5H3/b14-6-. The second-order valence-corrected chi connectivity index (χ2v) is 12.4. The van der Waals surface area contributed by atoms with Crippen molar-refractivity contribution in [1.29, 1.82) is 0 Å². The molecule has 2 N–H and O–H groups in total. The quantitative estimate of drug-likeness (QED) is 0.272. The molecule has 7 rings (SSSR count). The third kappa shape index (κ3) is 3.08. The number of hydrogen-bond donors (Lipinski definition) is 1. The van der Waals surface area contributed by atoms with Crippen LogP contribution in [0, 0.1) is 0 Å². The van der Waals surface area contributed by atoms with Crippen LogP contribution >= 0.6 is 0 Å². The Morgan fingerprint density at radius 3 is 1.88 bits per heavy atom. The van der Waals surface area contributed by atoms with E-state index in [0.29, 0.717) is 0 Å². The summed E-state index contributed by atoms with van der Waals surface area (Å²) in [6, 6.07) is 34.6. The van der Waals surface area contributed by atoms with Crippen LogP contribution in [0.25, 0.3) is 5.57 Å². The SMILES string of the molecule is C/C=C\C1=C(N)C2(c3cc(OB4C(C)(C)C4(C)C)ccc31)c1ccccc1N(c1ccccc1)c1ccccc12. The molecule has 0 radical (unpaired) electrons. The molecule has 198 valence electrons. The van der Waals surface area contributed by atoms with Crippen LogP contribution in [0.4, 0.5) is 17.1 Å². The largest absolute Gasteiger partial charge is 0.560 e. The molecule has 1 fully saturated rings. The molecule has 2 heterocycles. The molecule has 4 aromatic rings. The summed E-state index contributed by atoms with van der Waals surface area (Å²) in [5, 5.41) is 0.245. The van der Waals surface area contributed by atoms with Gasteiger partial charge in [0.05, 0.1) is 22.5 Å². The molecule has 0 aromatic heterocycles. The summed E-state index contributed by atoms with van der Waals surface area (Å²) in [6.45, 7) is 11.4. The van der Waals surface area contributed by atoms with E-state index in [4.69, 9.17) is 10.4 Å². The number of nitrogens with zero attached hydrogens (tertiary/aromatic N) is 1. The van der Waals surface area contributed by atoms with E-state index in [1.54, 1.807) is 0 Å². The highest BCUT2D eigenvalue weighted by Crippen LogP contribution is 2.73. The molecule has 2 aliphatic heterocycles. The molecule has 1 saturated heterocycles. The van der Waals surface area contributed by atoms with Gasteiger partial charge in [0.1, 0.15) is 0 Å². The Kier molecular flexibility index (Phi) is 5.22. The summed E-state index contributed by atoms with van der Waals surface area (Å²) < 4.78 is 6.72. The van der Waals surface area contributed by atoms with E-state index in [9.17, 15) is 0 Å². The van der Waals surface area contributed by atoms with Gasteiger partial charge in [-0.15, -0.1) is 0 Å². The number of para-hydroxylation sites is 3.